The number of hydrogen-bond donors (Lipinski definition) is 0. The summed E-state index contributed by atoms with van der Waals surface area (Å²) in [5, 5.41) is 0. The molecule has 0 radical (unpaired) electrons. The number of rotatable bonds is 3. The van der Waals surface area contributed by atoms with Crippen molar-refractivity contribution in [3.63, 3.8) is 0 Å². The number of carbonyl (C=O) groups is 1. The molecule has 0 aromatic heterocycles. The monoisotopic (exact) mass is 232 g/mol. The van der Waals surface area contributed by atoms with Crippen molar-refractivity contribution in [2.75, 3.05) is 0 Å². The molecule has 0 fully saturated rings. The van der Waals surface area contributed by atoms with Gasteiger partial charge >= 0.3 is 5.97 Å². The summed E-state index contributed by atoms with van der Waals surface area (Å²) in [6.07, 6.45) is 1.64. The molecule has 0 saturated carbocycles. The Labute approximate surface area is 103 Å². The lowest BCUT2D eigenvalue weighted by atomic mass is 9.82. The van der Waals surface area contributed by atoms with E-state index in [2.05, 4.69) is 6.58 Å². The second kappa shape index (κ2) is 4.74. The van der Waals surface area contributed by atoms with Gasteiger partial charge in [-0.05, 0) is 33.3 Å². The van der Waals surface area contributed by atoms with Crippen LogP contribution in [-0.4, -0.2) is 11.6 Å². The first-order valence-electron chi connectivity index (χ1n) is 5.72. The zero-order chi connectivity index (χ0) is 13.1. The topological polar surface area (TPSA) is 26.3 Å². The highest BCUT2D eigenvalue weighted by Crippen LogP contribution is 2.28. The van der Waals surface area contributed by atoms with Crippen molar-refractivity contribution < 1.29 is 9.53 Å². The first kappa shape index (κ1) is 13.5. The van der Waals surface area contributed by atoms with E-state index in [1.165, 1.54) is 0 Å². The van der Waals surface area contributed by atoms with Crippen LogP contribution in [0.3, 0.4) is 0 Å². The van der Waals surface area contributed by atoms with Gasteiger partial charge in [0.1, 0.15) is 11.0 Å². The number of ether oxygens (including phenoxy) is 1. The van der Waals surface area contributed by atoms with Crippen LogP contribution in [0.1, 0.15) is 33.3 Å². The standard InChI is InChI=1S/C15H20O2/c1-6-15(5,12-10-8-7-9-11-12)13(16)17-14(2,3)4/h6-11H,1H2,2-5H3/t15-/m1/s1. The number of benzene rings is 1. The largest absolute Gasteiger partial charge is 0.459 e. The molecule has 0 aliphatic carbocycles. The van der Waals surface area contributed by atoms with E-state index in [1.54, 1.807) is 6.08 Å². The van der Waals surface area contributed by atoms with E-state index in [-0.39, 0.29) is 5.97 Å². The molecule has 1 atom stereocenters. The molecule has 17 heavy (non-hydrogen) atoms. The molecule has 0 aliphatic heterocycles. The van der Waals surface area contributed by atoms with Crippen LogP contribution in [0.25, 0.3) is 0 Å². The van der Waals surface area contributed by atoms with Crippen LogP contribution in [0.15, 0.2) is 43.0 Å². The normalized spacial score (nSPS) is 14.8. The smallest absolute Gasteiger partial charge is 0.320 e. The van der Waals surface area contributed by atoms with Crippen molar-refractivity contribution in [3.05, 3.63) is 48.6 Å². The third-order valence-electron chi connectivity index (χ3n) is 2.60. The molecule has 1 rings (SSSR count). The second-order valence-electron chi connectivity index (χ2n) is 5.27. The maximum atomic E-state index is 12.2. The first-order chi connectivity index (χ1) is 7.79. The van der Waals surface area contributed by atoms with E-state index in [4.69, 9.17) is 4.74 Å². The fourth-order valence-electron chi connectivity index (χ4n) is 1.49. The Hall–Kier alpha value is -1.57. The SMILES string of the molecule is C=C[C@@](C)(C(=O)OC(C)(C)C)c1ccccc1. The Morgan fingerprint density at radius 3 is 2.12 bits per heavy atom. The summed E-state index contributed by atoms with van der Waals surface area (Å²) in [7, 11) is 0. The summed E-state index contributed by atoms with van der Waals surface area (Å²) in [4.78, 5) is 12.2. The van der Waals surface area contributed by atoms with Gasteiger partial charge in [-0.15, -0.1) is 6.58 Å². The van der Waals surface area contributed by atoms with Crippen molar-refractivity contribution in [2.45, 2.75) is 38.7 Å². The molecule has 1 aromatic carbocycles. The van der Waals surface area contributed by atoms with Crippen molar-refractivity contribution in [2.24, 2.45) is 0 Å². The van der Waals surface area contributed by atoms with Gasteiger partial charge in [-0.1, -0.05) is 36.4 Å². The summed E-state index contributed by atoms with van der Waals surface area (Å²) >= 11 is 0. The summed E-state index contributed by atoms with van der Waals surface area (Å²) in [5.41, 5.74) is -0.394. The minimum Gasteiger partial charge on any atom is -0.459 e. The molecule has 92 valence electrons. The maximum absolute atomic E-state index is 12.2. The molecule has 0 spiro atoms. The van der Waals surface area contributed by atoms with Gasteiger partial charge in [0.05, 0.1) is 0 Å². The molecule has 1 aromatic rings. The highest BCUT2D eigenvalue weighted by atomic mass is 16.6. The summed E-state index contributed by atoms with van der Waals surface area (Å²) < 4.78 is 5.44. The maximum Gasteiger partial charge on any atom is 0.320 e. The van der Waals surface area contributed by atoms with Gasteiger partial charge in [0.25, 0.3) is 0 Å². The van der Waals surface area contributed by atoms with E-state index in [0.717, 1.165) is 5.56 Å². The first-order valence-corrected chi connectivity index (χ1v) is 5.72. The molecule has 0 heterocycles. The fourth-order valence-corrected chi connectivity index (χ4v) is 1.49. The van der Waals surface area contributed by atoms with E-state index in [9.17, 15) is 4.79 Å². The van der Waals surface area contributed by atoms with Crippen molar-refractivity contribution >= 4 is 5.97 Å². The lowest BCUT2D eigenvalue weighted by Crippen LogP contribution is -2.37. The molecule has 2 heteroatoms. The van der Waals surface area contributed by atoms with E-state index < -0.39 is 11.0 Å². The van der Waals surface area contributed by atoms with Crippen LogP contribution in [-0.2, 0) is 14.9 Å². The fraction of sp³-hybridized carbons (Fsp3) is 0.400. The third-order valence-corrected chi connectivity index (χ3v) is 2.60. The van der Waals surface area contributed by atoms with Crippen LogP contribution in [0.5, 0.6) is 0 Å². The lowest BCUT2D eigenvalue weighted by molar-refractivity contribution is -0.159. The average molecular weight is 232 g/mol. The number of hydrogen-bond acceptors (Lipinski definition) is 2. The second-order valence-corrected chi connectivity index (χ2v) is 5.27. The van der Waals surface area contributed by atoms with E-state index in [1.807, 2.05) is 58.0 Å². The van der Waals surface area contributed by atoms with Gasteiger partial charge in [-0.3, -0.25) is 4.79 Å². The summed E-state index contributed by atoms with van der Waals surface area (Å²) in [6.45, 7) is 11.2. The molecule has 0 unspecified atom stereocenters. The minimum atomic E-state index is -0.797. The summed E-state index contributed by atoms with van der Waals surface area (Å²) in [6, 6.07) is 9.54. The quantitative estimate of drug-likeness (QED) is 0.589. The van der Waals surface area contributed by atoms with Crippen LogP contribution in [0.2, 0.25) is 0 Å². The van der Waals surface area contributed by atoms with E-state index in [0.29, 0.717) is 0 Å². The van der Waals surface area contributed by atoms with E-state index >= 15 is 0 Å². The summed E-state index contributed by atoms with van der Waals surface area (Å²) in [5.74, 6) is -0.272. The molecule has 0 amide bonds. The zero-order valence-electron chi connectivity index (χ0n) is 11.0. The van der Waals surface area contributed by atoms with Gasteiger partial charge in [0, 0.05) is 0 Å². The molecule has 0 bridgehead atoms. The Morgan fingerprint density at radius 2 is 1.71 bits per heavy atom. The Morgan fingerprint density at radius 1 is 1.18 bits per heavy atom. The lowest BCUT2D eigenvalue weighted by Gasteiger charge is -2.29. The zero-order valence-corrected chi connectivity index (χ0v) is 11.0. The van der Waals surface area contributed by atoms with Gasteiger partial charge in [-0.2, -0.15) is 0 Å². The van der Waals surface area contributed by atoms with Crippen LogP contribution in [0.4, 0.5) is 0 Å². The van der Waals surface area contributed by atoms with Gasteiger partial charge < -0.3 is 4.74 Å². The molecule has 0 saturated heterocycles. The Balaban J connectivity index is 3.05. The highest BCUT2D eigenvalue weighted by molar-refractivity contribution is 5.85. The Kier molecular flexibility index (Phi) is 3.76. The van der Waals surface area contributed by atoms with Crippen molar-refractivity contribution in [1.29, 1.82) is 0 Å². The average Bonchev–Trinajstić information content (AvgIpc) is 2.27. The number of esters is 1. The molecule has 0 aliphatic rings. The van der Waals surface area contributed by atoms with Crippen molar-refractivity contribution in [1.82, 2.24) is 0 Å². The predicted molar refractivity (Wildman–Crippen MR) is 69.8 cm³/mol. The predicted octanol–water partition coefficient (Wildman–Crippen LogP) is 3.47. The van der Waals surface area contributed by atoms with Gasteiger partial charge in [0.2, 0.25) is 0 Å². The van der Waals surface area contributed by atoms with Crippen LogP contribution >= 0.6 is 0 Å². The molecule has 0 N–H and O–H groups in total. The van der Waals surface area contributed by atoms with Gasteiger partial charge in [-0.25, -0.2) is 0 Å². The molecular weight excluding hydrogens is 212 g/mol. The van der Waals surface area contributed by atoms with Crippen LogP contribution in [0, 0.1) is 0 Å². The molecule has 2 nitrogen and oxygen atoms in total. The van der Waals surface area contributed by atoms with Gasteiger partial charge in [0.15, 0.2) is 0 Å². The minimum absolute atomic E-state index is 0.272. The van der Waals surface area contributed by atoms with Crippen LogP contribution < -0.4 is 0 Å². The Bertz CT molecular complexity index is 401. The molecular formula is C15H20O2. The highest BCUT2D eigenvalue weighted by Gasteiger charge is 2.35. The van der Waals surface area contributed by atoms with Crippen molar-refractivity contribution in [3.8, 4) is 0 Å². The number of carbonyl (C=O) groups excluding carboxylic acids is 1. The third kappa shape index (κ3) is 3.19.